The summed E-state index contributed by atoms with van der Waals surface area (Å²) in [6.07, 6.45) is 0.404. The van der Waals surface area contributed by atoms with E-state index in [1.165, 1.54) is 18.2 Å². The second-order valence-corrected chi connectivity index (χ2v) is 5.51. The summed E-state index contributed by atoms with van der Waals surface area (Å²) in [7, 11) is 0. The third-order valence-electron chi connectivity index (χ3n) is 3.48. The van der Waals surface area contributed by atoms with Gasteiger partial charge in [0.25, 0.3) is 6.01 Å². The fourth-order valence-corrected chi connectivity index (χ4v) is 2.58. The Kier molecular flexibility index (Phi) is 4.92. The predicted octanol–water partition coefficient (Wildman–Crippen LogP) is 3.05. The monoisotopic (exact) mass is 353 g/mol. The lowest BCUT2D eigenvalue weighted by atomic mass is 10.1. The van der Waals surface area contributed by atoms with Gasteiger partial charge in [-0.15, -0.1) is 0 Å². The molecule has 0 bridgehead atoms. The van der Waals surface area contributed by atoms with E-state index in [1.54, 1.807) is 6.07 Å². The number of hydrogen-bond acceptors (Lipinski definition) is 4. The van der Waals surface area contributed by atoms with Gasteiger partial charge in [-0.1, -0.05) is 17.7 Å². The molecule has 0 unspecified atom stereocenters. The zero-order valence-electron chi connectivity index (χ0n) is 12.5. The van der Waals surface area contributed by atoms with E-state index in [0.717, 1.165) is 0 Å². The molecule has 2 aromatic heterocycles. The Morgan fingerprint density at radius 3 is 2.62 bits per heavy atom. The van der Waals surface area contributed by atoms with E-state index in [9.17, 15) is 8.78 Å². The molecular weight excluding hydrogens is 340 g/mol. The van der Waals surface area contributed by atoms with Crippen LogP contribution in [0, 0.1) is 11.6 Å². The summed E-state index contributed by atoms with van der Waals surface area (Å²) in [5.74, 6) is -1.18. The van der Waals surface area contributed by atoms with Gasteiger partial charge in [-0.25, -0.2) is 13.8 Å². The van der Waals surface area contributed by atoms with Crippen LogP contribution >= 0.6 is 11.6 Å². The van der Waals surface area contributed by atoms with Gasteiger partial charge in [-0.2, -0.15) is 4.98 Å². The number of aryl methyl sites for hydroxylation is 1. The van der Waals surface area contributed by atoms with Gasteiger partial charge in [-0.05, 0) is 31.0 Å². The summed E-state index contributed by atoms with van der Waals surface area (Å²) < 4.78 is 32.5. The first-order chi connectivity index (χ1) is 11.6. The number of fused-ring (bicyclic) bond motifs is 1. The van der Waals surface area contributed by atoms with Crippen molar-refractivity contribution in [2.75, 3.05) is 13.2 Å². The van der Waals surface area contributed by atoms with Crippen LogP contribution in [-0.4, -0.2) is 33.3 Å². The third kappa shape index (κ3) is 3.47. The lowest BCUT2D eigenvalue weighted by Gasteiger charge is -2.06. The van der Waals surface area contributed by atoms with E-state index in [4.69, 9.17) is 21.4 Å². The highest BCUT2D eigenvalue weighted by molar-refractivity contribution is 6.31. The minimum Gasteiger partial charge on any atom is -0.462 e. The molecule has 5 nitrogen and oxygen atoms in total. The number of rotatable bonds is 6. The van der Waals surface area contributed by atoms with E-state index in [0.29, 0.717) is 21.9 Å². The van der Waals surface area contributed by atoms with Crippen molar-refractivity contribution in [3.05, 3.63) is 52.2 Å². The first-order valence-electron chi connectivity index (χ1n) is 7.30. The van der Waals surface area contributed by atoms with Crippen LogP contribution in [0.3, 0.4) is 0 Å². The number of nitrogens with one attached hydrogen (secondary N) is 1. The Morgan fingerprint density at radius 2 is 1.92 bits per heavy atom. The Morgan fingerprint density at radius 1 is 1.17 bits per heavy atom. The molecule has 0 aliphatic heterocycles. The molecule has 0 amide bonds. The highest BCUT2D eigenvalue weighted by atomic mass is 35.5. The molecular formula is C16H14ClF2N3O2. The molecule has 1 aromatic carbocycles. The smallest absolute Gasteiger partial charge is 0.296 e. The quantitative estimate of drug-likeness (QED) is 0.714. The molecule has 0 saturated carbocycles. The molecule has 3 aromatic rings. The van der Waals surface area contributed by atoms with E-state index in [1.807, 2.05) is 0 Å². The Balaban J connectivity index is 1.82. The minimum atomic E-state index is -0.591. The number of aromatic nitrogens is 3. The highest BCUT2D eigenvalue weighted by Gasteiger charge is 2.13. The number of nitrogens with zero attached hydrogens (tertiary/aromatic N) is 2. The topological polar surface area (TPSA) is 71.0 Å². The maximum Gasteiger partial charge on any atom is 0.296 e. The van der Waals surface area contributed by atoms with Gasteiger partial charge in [0.15, 0.2) is 5.65 Å². The molecule has 0 saturated heterocycles. The highest BCUT2D eigenvalue weighted by Crippen LogP contribution is 2.23. The standard InChI is InChI=1S/C16H14ClF2N3O2/c17-10-8-14-15(22-16(21-14)24-7-6-23)20-13(10)5-4-9-11(18)2-1-3-12(9)19/h1-3,8,23H,4-7H2,(H,20,21,22). The van der Waals surface area contributed by atoms with Crippen LogP contribution in [-0.2, 0) is 12.8 Å². The number of imidazole rings is 1. The van der Waals surface area contributed by atoms with Crippen molar-refractivity contribution in [2.45, 2.75) is 12.8 Å². The van der Waals surface area contributed by atoms with Gasteiger partial charge in [0, 0.05) is 5.56 Å². The number of aliphatic hydroxyl groups excluding tert-OH is 1. The summed E-state index contributed by atoms with van der Waals surface area (Å²) in [6.45, 7) is -0.0301. The summed E-state index contributed by atoms with van der Waals surface area (Å²) >= 11 is 6.18. The third-order valence-corrected chi connectivity index (χ3v) is 3.81. The Labute approximate surface area is 141 Å². The van der Waals surface area contributed by atoms with Crippen molar-refractivity contribution in [1.82, 2.24) is 15.0 Å². The molecule has 0 spiro atoms. The van der Waals surface area contributed by atoms with E-state index >= 15 is 0 Å². The molecule has 0 aliphatic carbocycles. The number of hydrogen-bond donors (Lipinski definition) is 2. The Hall–Kier alpha value is -2.25. The van der Waals surface area contributed by atoms with Crippen molar-refractivity contribution >= 4 is 22.8 Å². The van der Waals surface area contributed by atoms with Crippen molar-refractivity contribution in [3.63, 3.8) is 0 Å². The zero-order chi connectivity index (χ0) is 17.1. The number of aliphatic hydroxyl groups is 1. The van der Waals surface area contributed by atoms with Gasteiger partial charge in [-0.3, -0.25) is 0 Å². The summed E-state index contributed by atoms with van der Waals surface area (Å²) in [4.78, 5) is 11.3. The number of H-pyrrole nitrogens is 1. The largest absolute Gasteiger partial charge is 0.462 e. The van der Waals surface area contributed by atoms with Crippen LogP contribution in [0.4, 0.5) is 8.78 Å². The van der Waals surface area contributed by atoms with Gasteiger partial charge in [0.1, 0.15) is 18.2 Å². The number of ether oxygens (including phenoxy) is 1. The van der Waals surface area contributed by atoms with Gasteiger partial charge < -0.3 is 14.8 Å². The molecule has 8 heteroatoms. The van der Waals surface area contributed by atoms with Gasteiger partial charge >= 0.3 is 0 Å². The average molecular weight is 354 g/mol. The fourth-order valence-electron chi connectivity index (χ4n) is 2.33. The molecule has 126 valence electrons. The van der Waals surface area contributed by atoms with E-state index in [-0.39, 0.29) is 37.6 Å². The zero-order valence-corrected chi connectivity index (χ0v) is 13.3. The number of halogens is 3. The molecule has 24 heavy (non-hydrogen) atoms. The number of aromatic amines is 1. The molecule has 3 rings (SSSR count). The lowest BCUT2D eigenvalue weighted by Crippen LogP contribution is -2.02. The van der Waals surface area contributed by atoms with Crippen LogP contribution < -0.4 is 4.74 Å². The Bertz CT molecular complexity index is 850. The average Bonchev–Trinajstić information content (AvgIpc) is 2.94. The molecule has 0 radical (unpaired) electrons. The molecule has 0 fully saturated rings. The van der Waals surface area contributed by atoms with Crippen molar-refractivity contribution < 1.29 is 18.6 Å². The fraction of sp³-hybridized carbons (Fsp3) is 0.250. The first-order valence-corrected chi connectivity index (χ1v) is 7.68. The normalized spacial score (nSPS) is 11.2. The SMILES string of the molecule is OCCOc1nc2nc(CCc3c(F)cccc3F)c(Cl)cc2[nH]1. The summed E-state index contributed by atoms with van der Waals surface area (Å²) in [5, 5.41) is 9.12. The van der Waals surface area contributed by atoms with Crippen LogP contribution in [0.1, 0.15) is 11.3 Å². The van der Waals surface area contributed by atoms with Crippen LogP contribution in [0.5, 0.6) is 6.01 Å². The second-order valence-electron chi connectivity index (χ2n) is 5.10. The van der Waals surface area contributed by atoms with Crippen molar-refractivity contribution in [2.24, 2.45) is 0 Å². The van der Waals surface area contributed by atoms with E-state index in [2.05, 4.69) is 15.0 Å². The maximum absolute atomic E-state index is 13.7. The van der Waals surface area contributed by atoms with Crippen LogP contribution in [0.15, 0.2) is 24.3 Å². The molecule has 0 atom stereocenters. The van der Waals surface area contributed by atoms with Crippen molar-refractivity contribution in [1.29, 1.82) is 0 Å². The van der Waals surface area contributed by atoms with Gasteiger partial charge in [0.2, 0.25) is 0 Å². The van der Waals surface area contributed by atoms with E-state index < -0.39 is 11.6 Å². The summed E-state index contributed by atoms with van der Waals surface area (Å²) in [6, 6.07) is 5.61. The number of benzene rings is 1. The minimum absolute atomic E-state index is 0.00413. The predicted molar refractivity (Wildman–Crippen MR) is 85.2 cm³/mol. The lowest BCUT2D eigenvalue weighted by molar-refractivity contribution is 0.193. The van der Waals surface area contributed by atoms with Crippen molar-refractivity contribution in [3.8, 4) is 6.01 Å². The van der Waals surface area contributed by atoms with Crippen LogP contribution in [0.2, 0.25) is 5.02 Å². The van der Waals surface area contributed by atoms with Gasteiger partial charge in [0.05, 0.1) is 22.8 Å². The molecule has 2 N–H and O–H groups in total. The van der Waals surface area contributed by atoms with Crippen LogP contribution in [0.25, 0.3) is 11.2 Å². The molecule has 0 aliphatic rings. The second kappa shape index (κ2) is 7.11. The first kappa shape index (κ1) is 16.6. The number of pyridine rings is 1. The summed E-state index contributed by atoms with van der Waals surface area (Å²) in [5.41, 5.74) is 1.46. The molecule has 2 heterocycles. The maximum atomic E-state index is 13.7.